The molecule has 0 bridgehead atoms. The average molecular weight is 370 g/mol. The number of para-hydroxylation sites is 1. The largest absolute Gasteiger partial charge is 0.478 e. The van der Waals surface area contributed by atoms with Crippen LogP contribution in [0.4, 0.5) is 5.69 Å². The first-order chi connectivity index (χ1) is 11.1. The fraction of sp³-hybridized carbons (Fsp3) is 0.211. The van der Waals surface area contributed by atoms with Gasteiger partial charge in [0.25, 0.3) is 0 Å². The third-order valence-electron chi connectivity index (χ3n) is 4.83. The van der Waals surface area contributed by atoms with E-state index in [1.165, 1.54) is 5.56 Å². The Bertz CT molecular complexity index is 815. The van der Waals surface area contributed by atoms with Gasteiger partial charge in [-0.15, -0.1) is 0 Å². The van der Waals surface area contributed by atoms with E-state index in [0.29, 0.717) is 11.5 Å². The highest BCUT2D eigenvalue weighted by molar-refractivity contribution is 9.10. The molecule has 23 heavy (non-hydrogen) atoms. The normalized spacial score (nSPS) is 24.7. The molecule has 0 amide bonds. The van der Waals surface area contributed by atoms with E-state index in [9.17, 15) is 9.90 Å². The first kappa shape index (κ1) is 14.5. The maximum absolute atomic E-state index is 11.6. The van der Waals surface area contributed by atoms with E-state index in [2.05, 4.69) is 45.5 Å². The van der Waals surface area contributed by atoms with Crippen molar-refractivity contribution in [2.75, 3.05) is 5.32 Å². The maximum atomic E-state index is 11.6. The zero-order valence-corrected chi connectivity index (χ0v) is 14.0. The van der Waals surface area contributed by atoms with Gasteiger partial charge in [-0.3, -0.25) is 0 Å². The van der Waals surface area contributed by atoms with Gasteiger partial charge in [0, 0.05) is 10.4 Å². The van der Waals surface area contributed by atoms with E-state index in [4.69, 9.17) is 0 Å². The lowest BCUT2D eigenvalue weighted by Crippen LogP contribution is -2.30. The smallest absolute Gasteiger partial charge is 0.337 e. The molecule has 1 aliphatic carbocycles. The van der Waals surface area contributed by atoms with E-state index in [0.717, 1.165) is 22.1 Å². The summed E-state index contributed by atoms with van der Waals surface area (Å²) in [6, 6.07) is 13.9. The van der Waals surface area contributed by atoms with Crippen LogP contribution in [-0.2, 0) is 0 Å². The second kappa shape index (κ2) is 5.53. The number of carbonyl (C=O) groups is 1. The highest BCUT2D eigenvalue weighted by atomic mass is 79.9. The number of benzene rings is 2. The van der Waals surface area contributed by atoms with Crippen molar-refractivity contribution in [3.63, 3.8) is 0 Å². The number of rotatable bonds is 2. The Morgan fingerprint density at radius 3 is 2.83 bits per heavy atom. The minimum absolute atomic E-state index is 0.112. The molecule has 116 valence electrons. The molecule has 0 unspecified atom stereocenters. The summed E-state index contributed by atoms with van der Waals surface area (Å²) in [6.45, 7) is 0. The topological polar surface area (TPSA) is 49.3 Å². The van der Waals surface area contributed by atoms with E-state index in [-0.39, 0.29) is 12.0 Å². The Kier molecular flexibility index (Phi) is 3.49. The number of hydrogen-bond acceptors (Lipinski definition) is 2. The molecule has 4 rings (SSSR count). The van der Waals surface area contributed by atoms with E-state index < -0.39 is 5.97 Å². The molecule has 2 aliphatic rings. The summed E-state index contributed by atoms with van der Waals surface area (Å²) in [4.78, 5) is 11.6. The second-order valence-corrected chi connectivity index (χ2v) is 7.02. The van der Waals surface area contributed by atoms with E-state index in [1.807, 2.05) is 24.3 Å². The molecule has 0 radical (unpaired) electrons. The molecule has 2 aromatic carbocycles. The molecule has 3 nitrogen and oxygen atoms in total. The standard InChI is InChI=1S/C19H16BrNO2/c20-12-5-1-4-11(10-12)17-14-7-2-6-13(14)15-8-3-9-16(19(22)23)18(15)21-17/h1-6,8-10,13-14,17,21H,7H2,(H,22,23)/t13-,14+,17+/m1/s1. The molecule has 0 spiro atoms. The average Bonchev–Trinajstić information content (AvgIpc) is 3.03. The minimum atomic E-state index is -0.886. The Morgan fingerprint density at radius 1 is 1.22 bits per heavy atom. The van der Waals surface area contributed by atoms with Crippen LogP contribution in [0.5, 0.6) is 0 Å². The van der Waals surface area contributed by atoms with Crippen LogP contribution in [0.3, 0.4) is 0 Å². The zero-order chi connectivity index (χ0) is 16.0. The fourth-order valence-electron chi connectivity index (χ4n) is 3.83. The molecular formula is C19H16BrNO2. The van der Waals surface area contributed by atoms with Crippen molar-refractivity contribution in [3.8, 4) is 0 Å². The maximum Gasteiger partial charge on any atom is 0.337 e. The Hall–Kier alpha value is -2.07. The number of halogens is 1. The van der Waals surface area contributed by atoms with Gasteiger partial charge >= 0.3 is 5.97 Å². The Balaban J connectivity index is 1.85. The zero-order valence-electron chi connectivity index (χ0n) is 12.4. The van der Waals surface area contributed by atoms with Crippen LogP contribution in [0.1, 0.15) is 39.9 Å². The lowest BCUT2D eigenvalue weighted by molar-refractivity contribution is 0.0697. The van der Waals surface area contributed by atoms with E-state index >= 15 is 0 Å². The quantitative estimate of drug-likeness (QED) is 0.734. The van der Waals surface area contributed by atoms with Crippen molar-refractivity contribution in [1.82, 2.24) is 0 Å². The van der Waals surface area contributed by atoms with Gasteiger partial charge in [0.15, 0.2) is 0 Å². The number of allylic oxidation sites excluding steroid dienone is 2. The third-order valence-corrected chi connectivity index (χ3v) is 5.33. The highest BCUT2D eigenvalue weighted by Crippen LogP contribution is 2.50. The number of nitrogens with one attached hydrogen (secondary N) is 1. The Morgan fingerprint density at radius 2 is 2.04 bits per heavy atom. The lowest BCUT2D eigenvalue weighted by Gasteiger charge is -2.38. The van der Waals surface area contributed by atoms with Gasteiger partial charge in [0.1, 0.15) is 0 Å². The molecule has 1 heterocycles. The number of carboxylic acids is 1. The molecule has 4 heteroatoms. The fourth-order valence-corrected chi connectivity index (χ4v) is 4.25. The molecule has 2 aromatic rings. The number of anilines is 1. The van der Waals surface area contributed by atoms with Crippen molar-refractivity contribution in [2.45, 2.75) is 18.4 Å². The first-order valence-corrected chi connectivity index (χ1v) is 8.49. The van der Waals surface area contributed by atoms with Crippen molar-refractivity contribution in [3.05, 3.63) is 75.8 Å². The lowest BCUT2D eigenvalue weighted by atomic mass is 9.76. The van der Waals surface area contributed by atoms with Crippen molar-refractivity contribution in [1.29, 1.82) is 0 Å². The molecule has 0 aromatic heterocycles. The molecule has 0 saturated carbocycles. The predicted molar refractivity (Wildman–Crippen MR) is 93.9 cm³/mol. The summed E-state index contributed by atoms with van der Waals surface area (Å²) in [5.41, 5.74) is 3.39. The van der Waals surface area contributed by atoms with Gasteiger partial charge in [-0.25, -0.2) is 4.79 Å². The number of carboxylic acid groups (broad SMARTS) is 1. The van der Waals surface area contributed by atoms with Gasteiger partial charge in [-0.1, -0.05) is 52.3 Å². The van der Waals surface area contributed by atoms with Gasteiger partial charge in [-0.05, 0) is 41.7 Å². The number of aromatic carboxylic acids is 1. The van der Waals surface area contributed by atoms with Crippen molar-refractivity contribution >= 4 is 27.6 Å². The molecular weight excluding hydrogens is 354 g/mol. The molecule has 2 N–H and O–H groups in total. The minimum Gasteiger partial charge on any atom is -0.478 e. The van der Waals surface area contributed by atoms with Gasteiger partial charge < -0.3 is 10.4 Å². The van der Waals surface area contributed by atoms with Crippen LogP contribution in [0.2, 0.25) is 0 Å². The van der Waals surface area contributed by atoms with Crippen LogP contribution in [0.15, 0.2) is 59.1 Å². The summed E-state index contributed by atoms with van der Waals surface area (Å²) >= 11 is 3.53. The van der Waals surface area contributed by atoms with E-state index in [1.54, 1.807) is 6.07 Å². The van der Waals surface area contributed by atoms with Crippen LogP contribution >= 0.6 is 15.9 Å². The summed E-state index contributed by atoms with van der Waals surface area (Å²) in [7, 11) is 0. The van der Waals surface area contributed by atoms with Crippen LogP contribution < -0.4 is 5.32 Å². The Labute approximate surface area is 143 Å². The first-order valence-electron chi connectivity index (χ1n) is 7.70. The summed E-state index contributed by atoms with van der Waals surface area (Å²) < 4.78 is 1.04. The number of fused-ring (bicyclic) bond motifs is 3. The van der Waals surface area contributed by atoms with Gasteiger partial charge in [0.2, 0.25) is 0 Å². The molecule has 3 atom stereocenters. The van der Waals surface area contributed by atoms with Crippen molar-refractivity contribution < 1.29 is 9.90 Å². The monoisotopic (exact) mass is 369 g/mol. The molecule has 1 aliphatic heterocycles. The van der Waals surface area contributed by atoms with Crippen molar-refractivity contribution in [2.24, 2.45) is 5.92 Å². The third kappa shape index (κ3) is 2.38. The summed E-state index contributed by atoms with van der Waals surface area (Å²) in [6.07, 6.45) is 5.44. The second-order valence-electron chi connectivity index (χ2n) is 6.11. The predicted octanol–water partition coefficient (Wildman–Crippen LogP) is 4.97. The van der Waals surface area contributed by atoms with Crippen LogP contribution in [0, 0.1) is 5.92 Å². The van der Waals surface area contributed by atoms with Crippen LogP contribution in [0.25, 0.3) is 0 Å². The van der Waals surface area contributed by atoms with Gasteiger partial charge in [0.05, 0.1) is 17.3 Å². The highest BCUT2D eigenvalue weighted by Gasteiger charge is 2.39. The van der Waals surface area contributed by atoms with Crippen LogP contribution in [-0.4, -0.2) is 11.1 Å². The molecule has 0 saturated heterocycles. The number of hydrogen-bond donors (Lipinski definition) is 2. The molecule has 0 fully saturated rings. The summed E-state index contributed by atoms with van der Waals surface area (Å²) in [5, 5.41) is 13.0. The van der Waals surface area contributed by atoms with Gasteiger partial charge in [-0.2, -0.15) is 0 Å². The summed E-state index contributed by atoms with van der Waals surface area (Å²) in [5.74, 6) is -0.196. The SMILES string of the molecule is O=C(O)c1cccc2c1N[C@@H](c1cccc(Br)c1)[C@H]1CC=C[C@@H]21.